The van der Waals surface area contributed by atoms with E-state index in [1.807, 2.05) is 49.4 Å². The normalized spacial score (nSPS) is 24.5. The minimum atomic E-state index is -3.47. The number of benzene rings is 2. The van der Waals surface area contributed by atoms with E-state index in [1.165, 1.54) is 0 Å². The smallest absolute Gasteiger partial charge is 0.251 e. The van der Waals surface area contributed by atoms with E-state index in [-0.39, 0.29) is 11.9 Å². The fourth-order valence-corrected chi connectivity index (χ4v) is 6.69. The average Bonchev–Trinajstić information content (AvgIpc) is 3.31. The van der Waals surface area contributed by atoms with Gasteiger partial charge in [-0.15, -0.1) is 0 Å². The minimum Gasteiger partial charge on any atom is -0.381 e. The fraction of sp³-hybridized carbons (Fsp3) is 0.458. The summed E-state index contributed by atoms with van der Waals surface area (Å²) in [4.78, 5) is 12.4. The molecule has 7 heteroatoms. The second-order valence-electron chi connectivity index (χ2n) is 8.43. The lowest BCUT2D eigenvalue weighted by Crippen LogP contribution is -2.41. The molecule has 0 radical (unpaired) electrons. The largest absolute Gasteiger partial charge is 0.381 e. The van der Waals surface area contributed by atoms with Gasteiger partial charge < -0.3 is 10.1 Å². The van der Waals surface area contributed by atoms with Gasteiger partial charge in [0.2, 0.25) is 10.0 Å². The lowest BCUT2D eigenvalue weighted by Gasteiger charge is -2.36. The quantitative estimate of drug-likeness (QED) is 0.741. The second-order valence-corrected chi connectivity index (χ2v) is 10.5. The van der Waals surface area contributed by atoms with Gasteiger partial charge in [0.25, 0.3) is 5.91 Å². The third kappa shape index (κ3) is 4.84. The van der Waals surface area contributed by atoms with E-state index in [1.54, 1.807) is 16.4 Å². The molecule has 1 N–H and O–H groups in total. The third-order valence-corrected chi connectivity index (χ3v) is 8.74. The van der Waals surface area contributed by atoms with Crippen LogP contribution in [0.15, 0.2) is 54.6 Å². The number of nitrogens with zero attached hydrogens (tertiary/aromatic N) is 1. The molecule has 31 heavy (non-hydrogen) atoms. The summed E-state index contributed by atoms with van der Waals surface area (Å²) >= 11 is 0. The van der Waals surface area contributed by atoms with E-state index in [2.05, 4.69) is 5.32 Å². The van der Waals surface area contributed by atoms with Crippen molar-refractivity contribution >= 4 is 15.9 Å². The molecule has 0 aliphatic carbocycles. The first-order valence-corrected chi connectivity index (χ1v) is 12.5. The zero-order chi connectivity index (χ0) is 21.8. The summed E-state index contributed by atoms with van der Waals surface area (Å²) in [7, 11) is -3.47. The van der Waals surface area contributed by atoms with Crippen LogP contribution in [-0.2, 0) is 14.8 Å². The highest BCUT2D eigenvalue weighted by atomic mass is 32.2. The highest BCUT2D eigenvalue weighted by molar-refractivity contribution is 7.89. The van der Waals surface area contributed by atoms with E-state index in [0.717, 1.165) is 30.6 Å². The molecule has 2 fully saturated rings. The van der Waals surface area contributed by atoms with Crippen LogP contribution in [0.5, 0.6) is 0 Å². The zero-order valence-electron chi connectivity index (χ0n) is 17.9. The molecule has 2 saturated heterocycles. The van der Waals surface area contributed by atoms with Gasteiger partial charge in [0.05, 0.1) is 6.61 Å². The first-order valence-electron chi connectivity index (χ1n) is 11.0. The van der Waals surface area contributed by atoms with Crippen molar-refractivity contribution < 1.29 is 17.9 Å². The first kappa shape index (κ1) is 22.0. The van der Waals surface area contributed by atoms with Crippen molar-refractivity contribution in [2.24, 2.45) is 5.92 Å². The number of hydrogen-bond donors (Lipinski definition) is 1. The molecule has 2 heterocycles. The minimum absolute atomic E-state index is 0.110. The van der Waals surface area contributed by atoms with Gasteiger partial charge in [0.1, 0.15) is 5.25 Å². The maximum absolute atomic E-state index is 13.4. The number of carbonyl (C=O) groups excluding carboxylic acids is 1. The Hall–Kier alpha value is -2.22. The van der Waals surface area contributed by atoms with Gasteiger partial charge in [-0.2, -0.15) is 4.31 Å². The maximum atomic E-state index is 13.4. The van der Waals surface area contributed by atoms with E-state index >= 15 is 0 Å². The number of rotatable bonds is 6. The van der Waals surface area contributed by atoms with Gasteiger partial charge in [-0.1, -0.05) is 42.5 Å². The Bertz CT molecular complexity index is 986. The van der Waals surface area contributed by atoms with Crippen molar-refractivity contribution in [2.45, 2.75) is 37.5 Å². The molecule has 6 nitrogen and oxygen atoms in total. The molecule has 2 aromatic rings. The van der Waals surface area contributed by atoms with Gasteiger partial charge in [0, 0.05) is 37.2 Å². The number of hydrogen-bond acceptors (Lipinski definition) is 4. The molecule has 0 saturated carbocycles. The summed E-state index contributed by atoms with van der Waals surface area (Å²) < 4.78 is 33.7. The Kier molecular flexibility index (Phi) is 6.74. The molecule has 0 spiro atoms. The van der Waals surface area contributed by atoms with Crippen LogP contribution in [0.3, 0.4) is 0 Å². The predicted molar refractivity (Wildman–Crippen MR) is 120 cm³/mol. The Labute approximate surface area is 184 Å². The molecular formula is C24H30N2O4S. The lowest BCUT2D eigenvalue weighted by atomic mass is 10.0. The number of amides is 1. The van der Waals surface area contributed by atoms with Crippen molar-refractivity contribution in [2.75, 3.05) is 26.3 Å². The van der Waals surface area contributed by atoms with Crippen LogP contribution < -0.4 is 5.32 Å². The van der Waals surface area contributed by atoms with Crippen molar-refractivity contribution in [3.63, 3.8) is 0 Å². The molecule has 3 unspecified atom stereocenters. The molecule has 4 rings (SSSR count). The number of sulfonamides is 1. The van der Waals surface area contributed by atoms with Crippen LogP contribution in [-0.4, -0.2) is 44.9 Å². The van der Waals surface area contributed by atoms with Gasteiger partial charge in [-0.3, -0.25) is 4.79 Å². The third-order valence-electron chi connectivity index (χ3n) is 6.37. The first-order chi connectivity index (χ1) is 15.0. The molecule has 2 aliphatic rings. The van der Waals surface area contributed by atoms with E-state index < -0.39 is 15.3 Å². The van der Waals surface area contributed by atoms with Crippen molar-refractivity contribution in [1.29, 1.82) is 0 Å². The van der Waals surface area contributed by atoms with Crippen molar-refractivity contribution in [1.82, 2.24) is 9.62 Å². The molecular weight excluding hydrogens is 412 g/mol. The maximum Gasteiger partial charge on any atom is 0.251 e. The SMILES string of the molecule is CC(c1ccc(C(=O)NCC2CCOC2)cc1)N1CCCC(c2ccccc2)S1(=O)=O. The van der Waals surface area contributed by atoms with Crippen LogP contribution >= 0.6 is 0 Å². The summed E-state index contributed by atoms with van der Waals surface area (Å²) in [5.41, 5.74) is 2.32. The molecule has 0 aromatic heterocycles. The number of nitrogens with one attached hydrogen (secondary N) is 1. The molecule has 166 valence electrons. The van der Waals surface area contributed by atoms with Gasteiger partial charge in [-0.25, -0.2) is 8.42 Å². The summed E-state index contributed by atoms with van der Waals surface area (Å²) in [6.45, 7) is 4.51. The van der Waals surface area contributed by atoms with Crippen molar-refractivity contribution in [3.8, 4) is 0 Å². The van der Waals surface area contributed by atoms with Crippen molar-refractivity contribution in [3.05, 3.63) is 71.3 Å². The Morgan fingerprint density at radius 3 is 2.55 bits per heavy atom. The van der Waals surface area contributed by atoms with E-state index in [9.17, 15) is 13.2 Å². The summed E-state index contributed by atoms with van der Waals surface area (Å²) in [6, 6.07) is 16.4. The molecule has 0 bridgehead atoms. The number of carbonyl (C=O) groups is 1. The van der Waals surface area contributed by atoms with E-state index in [4.69, 9.17) is 4.74 Å². The van der Waals surface area contributed by atoms with Gasteiger partial charge >= 0.3 is 0 Å². The molecule has 3 atom stereocenters. The Morgan fingerprint density at radius 1 is 1.13 bits per heavy atom. The number of ether oxygens (including phenoxy) is 1. The molecule has 2 aromatic carbocycles. The monoisotopic (exact) mass is 442 g/mol. The molecule has 2 aliphatic heterocycles. The summed E-state index contributed by atoms with van der Waals surface area (Å²) in [5, 5.41) is 2.46. The van der Waals surface area contributed by atoms with Gasteiger partial charge in [0.15, 0.2) is 0 Å². The van der Waals surface area contributed by atoms with Gasteiger partial charge in [-0.05, 0) is 49.4 Å². The summed E-state index contributed by atoms with van der Waals surface area (Å²) in [6.07, 6.45) is 2.44. The summed E-state index contributed by atoms with van der Waals surface area (Å²) in [5.74, 6) is 0.269. The Balaban J connectivity index is 1.44. The van der Waals surface area contributed by atoms with Crippen LogP contribution in [0.1, 0.15) is 59.0 Å². The topological polar surface area (TPSA) is 75.7 Å². The highest BCUT2D eigenvalue weighted by Gasteiger charge is 2.39. The second kappa shape index (κ2) is 9.51. The lowest BCUT2D eigenvalue weighted by molar-refractivity contribution is 0.0945. The standard InChI is InChI=1S/C24H30N2O4S/c1-18(26-14-5-8-23(31(26,28)29)21-6-3-2-4-7-21)20-9-11-22(12-10-20)24(27)25-16-19-13-15-30-17-19/h2-4,6-7,9-12,18-19,23H,5,8,13-17H2,1H3,(H,25,27). The Morgan fingerprint density at radius 2 is 1.87 bits per heavy atom. The average molecular weight is 443 g/mol. The fourth-order valence-electron chi connectivity index (χ4n) is 4.46. The zero-order valence-corrected chi connectivity index (χ0v) is 18.7. The molecule has 1 amide bonds. The predicted octanol–water partition coefficient (Wildman–Crippen LogP) is 3.68. The van der Waals surface area contributed by atoms with Crippen LogP contribution in [0.25, 0.3) is 0 Å². The van der Waals surface area contributed by atoms with E-state index in [0.29, 0.717) is 37.6 Å². The highest BCUT2D eigenvalue weighted by Crippen LogP contribution is 2.38. The van der Waals surface area contributed by atoms with Crippen LogP contribution in [0.4, 0.5) is 0 Å². The van der Waals surface area contributed by atoms with Crippen LogP contribution in [0.2, 0.25) is 0 Å². The van der Waals surface area contributed by atoms with Crippen LogP contribution in [0, 0.1) is 5.92 Å².